The van der Waals surface area contributed by atoms with E-state index in [1.807, 2.05) is 6.07 Å². The minimum atomic E-state index is -0.335. The lowest BCUT2D eigenvalue weighted by Gasteiger charge is -2.17. The first kappa shape index (κ1) is 18.1. The number of amides is 3. The number of hydrogen-bond acceptors (Lipinski definition) is 3. The first-order valence-corrected chi connectivity index (χ1v) is 9.08. The number of carbonyl (C=O) groups excluding carboxylic acids is 2. The number of fused-ring (bicyclic) bond motifs is 1. The van der Waals surface area contributed by atoms with E-state index in [4.69, 9.17) is 11.6 Å². The first-order valence-electron chi connectivity index (χ1n) is 8.70. The van der Waals surface area contributed by atoms with Crippen molar-refractivity contribution in [1.82, 2.24) is 9.88 Å². The number of rotatable bonds is 3. The van der Waals surface area contributed by atoms with E-state index >= 15 is 0 Å². The Balaban J connectivity index is 1.64. The maximum Gasteiger partial charge on any atom is 0.322 e. The number of aromatic nitrogens is 1. The topological polar surface area (TPSA) is 83.4 Å². The van der Waals surface area contributed by atoms with E-state index in [0.29, 0.717) is 35.1 Å². The van der Waals surface area contributed by atoms with E-state index in [9.17, 15) is 14.4 Å². The normalized spacial score (nSPS) is 13.6. The van der Waals surface area contributed by atoms with Crippen molar-refractivity contribution in [2.24, 2.45) is 7.05 Å². The van der Waals surface area contributed by atoms with Gasteiger partial charge in [0, 0.05) is 37.5 Å². The maximum atomic E-state index is 12.7. The van der Waals surface area contributed by atoms with E-state index in [-0.39, 0.29) is 17.5 Å². The predicted octanol–water partition coefficient (Wildman–Crippen LogP) is 2.97. The second-order valence-electron chi connectivity index (χ2n) is 6.51. The number of halogens is 1. The van der Waals surface area contributed by atoms with Crippen LogP contribution in [0.2, 0.25) is 5.02 Å². The number of aryl methyl sites for hydroxylation is 1. The summed E-state index contributed by atoms with van der Waals surface area (Å²) < 4.78 is 1.53. The molecule has 2 heterocycles. The van der Waals surface area contributed by atoms with Gasteiger partial charge in [0.1, 0.15) is 0 Å². The summed E-state index contributed by atoms with van der Waals surface area (Å²) in [5.41, 5.74) is 2.03. The van der Waals surface area contributed by atoms with Gasteiger partial charge in [-0.25, -0.2) is 4.79 Å². The van der Waals surface area contributed by atoms with Crippen molar-refractivity contribution in [2.75, 3.05) is 23.3 Å². The van der Waals surface area contributed by atoms with Gasteiger partial charge in [0.05, 0.1) is 16.2 Å². The summed E-state index contributed by atoms with van der Waals surface area (Å²) in [6.07, 6.45) is 0. The van der Waals surface area contributed by atoms with Crippen LogP contribution in [0, 0.1) is 0 Å². The number of urea groups is 1. The van der Waals surface area contributed by atoms with Crippen molar-refractivity contribution in [2.45, 2.75) is 0 Å². The van der Waals surface area contributed by atoms with Crippen molar-refractivity contribution in [3.05, 3.63) is 69.5 Å². The Kier molecular flexibility index (Phi) is 4.52. The molecule has 0 spiro atoms. The van der Waals surface area contributed by atoms with Crippen LogP contribution in [0.3, 0.4) is 0 Å². The van der Waals surface area contributed by atoms with Crippen LogP contribution in [0.25, 0.3) is 10.9 Å². The summed E-state index contributed by atoms with van der Waals surface area (Å²) in [5.74, 6) is -0.335. The van der Waals surface area contributed by atoms with Gasteiger partial charge in [-0.2, -0.15) is 0 Å². The fourth-order valence-electron chi connectivity index (χ4n) is 3.21. The molecular weight excluding hydrogens is 380 g/mol. The SMILES string of the molecule is Cn1c(=O)ccc2ccc(NC(=O)c3ccc(Cl)c(N4CCNC4=O)c3)cc21. The monoisotopic (exact) mass is 396 g/mol. The molecule has 8 heteroatoms. The highest BCUT2D eigenvalue weighted by Gasteiger charge is 2.24. The Hall–Kier alpha value is -3.32. The zero-order valence-corrected chi connectivity index (χ0v) is 15.8. The standard InChI is InChI=1S/C20H17ClN4O3/c1-24-16-11-14(5-2-12(16)4-7-18(24)26)23-19(27)13-3-6-15(21)17(10-13)25-9-8-22-20(25)28/h2-7,10-11H,8-9H2,1H3,(H,22,28)(H,23,27). The average molecular weight is 397 g/mol. The lowest BCUT2D eigenvalue weighted by molar-refractivity contribution is 0.102. The van der Waals surface area contributed by atoms with E-state index < -0.39 is 0 Å². The Morgan fingerprint density at radius 1 is 1.11 bits per heavy atom. The Morgan fingerprint density at radius 2 is 1.89 bits per heavy atom. The second-order valence-corrected chi connectivity index (χ2v) is 6.92. The fraction of sp³-hybridized carbons (Fsp3) is 0.150. The molecule has 0 bridgehead atoms. The molecule has 3 amide bonds. The van der Waals surface area contributed by atoms with Crippen molar-refractivity contribution in [3.8, 4) is 0 Å². The minimum absolute atomic E-state index is 0.123. The van der Waals surface area contributed by atoms with Gasteiger partial charge in [0.25, 0.3) is 11.5 Å². The van der Waals surface area contributed by atoms with Crippen molar-refractivity contribution in [1.29, 1.82) is 0 Å². The number of carbonyl (C=O) groups is 2. The van der Waals surface area contributed by atoms with E-state index in [1.54, 1.807) is 43.4 Å². The van der Waals surface area contributed by atoms with Crippen LogP contribution in [-0.2, 0) is 7.05 Å². The molecule has 4 rings (SSSR count). The van der Waals surface area contributed by atoms with Gasteiger partial charge in [0.2, 0.25) is 0 Å². The Morgan fingerprint density at radius 3 is 2.64 bits per heavy atom. The highest BCUT2D eigenvalue weighted by Crippen LogP contribution is 2.28. The third-order valence-electron chi connectivity index (χ3n) is 4.74. The van der Waals surface area contributed by atoms with Gasteiger partial charge in [-0.1, -0.05) is 17.7 Å². The van der Waals surface area contributed by atoms with E-state index in [1.165, 1.54) is 15.5 Å². The number of hydrogen-bond donors (Lipinski definition) is 2. The Labute approximate surface area is 165 Å². The molecule has 0 unspecified atom stereocenters. The summed E-state index contributed by atoms with van der Waals surface area (Å²) in [6.45, 7) is 1.02. The number of nitrogens with zero attached hydrogens (tertiary/aromatic N) is 2. The molecule has 1 saturated heterocycles. The van der Waals surface area contributed by atoms with Crippen LogP contribution in [0.1, 0.15) is 10.4 Å². The van der Waals surface area contributed by atoms with Gasteiger partial charge < -0.3 is 15.2 Å². The fourth-order valence-corrected chi connectivity index (χ4v) is 3.43. The van der Waals surface area contributed by atoms with Crippen LogP contribution in [-0.4, -0.2) is 29.6 Å². The molecule has 0 saturated carbocycles. The molecule has 1 aromatic heterocycles. The molecular formula is C20H17ClN4O3. The van der Waals surface area contributed by atoms with Crippen LogP contribution in [0.5, 0.6) is 0 Å². The number of benzene rings is 2. The molecule has 2 N–H and O–H groups in total. The molecule has 142 valence electrons. The lowest BCUT2D eigenvalue weighted by atomic mass is 10.1. The summed E-state index contributed by atoms with van der Waals surface area (Å²) in [7, 11) is 1.68. The van der Waals surface area contributed by atoms with E-state index in [0.717, 1.165) is 10.9 Å². The lowest BCUT2D eigenvalue weighted by Crippen LogP contribution is -2.28. The second kappa shape index (κ2) is 7.01. The Bertz CT molecular complexity index is 1170. The third kappa shape index (κ3) is 3.20. The number of pyridine rings is 1. The van der Waals surface area contributed by atoms with Gasteiger partial charge >= 0.3 is 6.03 Å². The molecule has 2 aromatic carbocycles. The summed E-state index contributed by atoms with van der Waals surface area (Å²) in [5, 5.41) is 6.83. The van der Waals surface area contributed by atoms with Gasteiger partial charge in [-0.05, 0) is 41.8 Å². The molecule has 0 radical (unpaired) electrons. The summed E-state index contributed by atoms with van der Waals surface area (Å²) in [4.78, 5) is 38.0. The van der Waals surface area contributed by atoms with Gasteiger partial charge in [0.15, 0.2) is 0 Å². The smallest absolute Gasteiger partial charge is 0.322 e. The summed E-state index contributed by atoms with van der Waals surface area (Å²) in [6, 6.07) is 13.2. The zero-order valence-electron chi connectivity index (χ0n) is 15.0. The first-order chi connectivity index (χ1) is 13.4. The quantitative estimate of drug-likeness (QED) is 0.714. The molecule has 0 atom stereocenters. The average Bonchev–Trinajstić information content (AvgIpc) is 3.11. The molecule has 1 fully saturated rings. The van der Waals surface area contributed by atoms with Crippen molar-refractivity contribution < 1.29 is 9.59 Å². The minimum Gasteiger partial charge on any atom is -0.336 e. The molecule has 0 aliphatic carbocycles. The highest BCUT2D eigenvalue weighted by molar-refractivity contribution is 6.34. The van der Waals surface area contributed by atoms with E-state index in [2.05, 4.69) is 10.6 Å². The van der Waals surface area contributed by atoms with Crippen molar-refractivity contribution >= 4 is 45.8 Å². The van der Waals surface area contributed by atoms with Crippen molar-refractivity contribution in [3.63, 3.8) is 0 Å². The predicted molar refractivity (Wildman–Crippen MR) is 109 cm³/mol. The summed E-state index contributed by atoms with van der Waals surface area (Å²) >= 11 is 6.22. The molecule has 3 aromatic rings. The molecule has 1 aliphatic rings. The number of anilines is 2. The van der Waals surface area contributed by atoms with Crippen LogP contribution in [0.15, 0.2) is 53.3 Å². The van der Waals surface area contributed by atoms with Gasteiger partial charge in [-0.3, -0.25) is 14.5 Å². The third-order valence-corrected chi connectivity index (χ3v) is 5.06. The number of nitrogens with one attached hydrogen (secondary N) is 2. The zero-order chi connectivity index (χ0) is 19.8. The van der Waals surface area contributed by atoms with Crippen LogP contribution < -0.4 is 21.1 Å². The van der Waals surface area contributed by atoms with Gasteiger partial charge in [-0.15, -0.1) is 0 Å². The van der Waals surface area contributed by atoms with Crippen LogP contribution >= 0.6 is 11.6 Å². The molecule has 7 nitrogen and oxygen atoms in total. The maximum absolute atomic E-state index is 12.7. The van der Waals surface area contributed by atoms with Crippen LogP contribution in [0.4, 0.5) is 16.2 Å². The molecule has 1 aliphatic heterocycles. The largest absolute Gasteiger partial charge is 0.336 e. The molecule has 28 heavy (non-hydrogen) atoms. The highest BCUT2D eigenvalue weighted by atomic mass is 35.5.